The largest absolute Gasteiger partial charge is 0.379 e. The van der Waals surface area contributed by atoms with Crippen LogP contribution in [0.3, 0.4) is 0 Å². The molecule has 0 unspecified atom stereocenters. The van der Waals surface area contributed by atoms with Crippen LogP contribution in [0.5, 0.6) is 0 Å². The Hall–Kier alpha value is -1.58. The number of aromatic nitrogens is 4. The number of nitrogens with two attached hydrogens (primary N) is 1. The van der Waals surface area contributed by atoms with Gasteiger partial charge in [-0.05, 0) is 18.9 Å². The molecule has 2 aliphatic rings. The Morgan fingerprint density at radius 2 is 1.97 bits per heavy atom. The van der Waals surface area contributed by atoms with Crippen molar-refractivity contribution in [2.45, 2.75) is 28.7 Å². The molecule has 1 atom stereocenters. The third-order valence-electron chi connectivity index (χ3n) is 5.92. The summed E-state index contributed by atoms with van der Waals surface area (Å²) < 4.78 is 7.67. The quantitative estimate of drug-likeness (QED) is 0.611. The number of anilines is 1. The van der Waals surface area contributed by atoms with Crippen molar-refractivity contribution < 1.29 is 4.74 Å². The molecule has 5 heterocycles. The molecule has 3 aromatic heterocycles. The van der Waals surface area contributed by atoms with Gasteiger partial charge in [-0.3, -0.25) is 4.40 Å². The highest BCUT2D eigenvalue weighted by atomic mass is 35.5. The zero-order chi connectivity index (χ0) is 20.0. The summed E-state index contributed by atoms with van der Waals surface area (Å²) in [6, 6.07) is 1.96. The number of piperidine rings is 1. The normalized spacial score (nSPS) is 21.3. The third kappa shape index (κ3) is 3.37. The highest BCUT2D eigenvalue weighted by molar-refractivity contribution is 7.99. The number of ether oxygens (including phenoxy) is 1. The number of pyridine rings is 1. The van der Waals surface area contributed by atoms with E-state index in [0.717, 1.165) is 53.9 Å². The average molecular weight is 451 g/mol. The van der Waals surface area contributed by atoms with Crippen LogP contribution in [0.25, 0.3) is 5.65 Å². The number of nitrogens with zero attached hydrogens (tertiary/aromatic N) is 5. The fraction of sp³-hybridized carbons (Fsp3) is 0.421. The number of rotatable bonds is 3. The highest BCUT2D eigenvalue weighted by Crippen LogP contribution is 2.41. The monoisotopic (exact) mass is 450 g/mol. The van der Waals surface area contributed by atoms with E-state index >= 15 is 0 Å². The number of hydrogen-bond donors (Lipinski definition) is 1. The van der Waals surface area contributed by atoms with E-state index in [9.17, 15) is 0 Å². The van der Waals surface area contributed by atoms with Gasteiger partial charge in [0.25, 0.3) is 0 Å². The molecule has 1 spiro atoms. The summed E-state index contributed by atoms with van der Waals surface area (Å²) in [4.78, 5) is 17.3. The molecule has 152 valence electrons. The Labute approximate surface area is 182 Å². The van der Waals surface area contributed by atoms with Crippen LogP contribution < -0.4 is 10.6 Å². The molecule has 0 amide bonds. The SMILES string of the molecule is N[C@@H]1COCC12CCN(c1ncc(Sc3ccnc(Cl)c3Cl)c3nccn13)CC2. The summed E-state index contributed by atoms with van der Waals surface area (Å²) in [6.07, 6.45) is 9.24. The fourth-order valence-electron chi connectivity index (χ4n) is 4.13. The molecule has 0 aliphatic carbocycles. The van der Waals surface area contributed by atoms with E-state index in [2.05, 4.69) is 14.9 Å². The van der Waals surface area contributed by atoms with Gasteiger partial charge in [0.05, 0.1) is 23.1 Å². The highest BCUT2D eigenvalue weighted by Gasteiger charge is 2.44. The van der Waals surface area contributed by atoms with E-state index < -0.39 is 0 Å². The molecule has 2 aliphatic heterocycles. The molecule has 29 heavy (non-hydrogen) atoms. The molecule has 0 radical (unpaired) electrons. The van der Waals surface area contributed by atoms with Gasteiger partial charge in [-0.2, -0.15) is 0 Å². The predicted octanol–water partition coefficient (Wildman–Crippen LogP) is 3.53. The van der Waals surface area contributed by atoms with E-state index in [4.69, 9.17) is 38.7 Å². The van der Waals surface area contributed by atoms with Crippen LogP contribution in [0.1, 0.15) is 12.8 Å². The van der Waals surface area contributed by atoms with Crippen LogP contribution in [0.4, 0.5) is 5.95 Å². The van der Waals surface area contributed by atoms with Gasteiger partial charge in [0.2, 0.25) is 5.95 Å². The van der Waals surface area contributed by atoms with Gasteiger partial charge in [0.15, 0.2) is 5.65 Å². The maximum Gasteiger partial charge on any atom is 0.211 e. The molecule has 0 aromatic carbocycles. The summed E-state index contributed by atoms with van der Waals surface area (Å²) in [5.41, 5.74) is 7.26. The van der Waals surface area contributed by atoms with Crippen molar-refractivity contribution in [1.82, 2.24) is 19.4 Å². The average Bonchev–Trinajstić information content (AvgIpc) is 3.35. The second-order valence-corrected chi connectivity index (χ2v) is 9.35. The lowest BCUT2D eigenvalue weighted by atomic mass is 9.75. The van der Waals surface area contributed by atoms with E-state index in [1.54, 1.807) is 12.4 Å². The molecule has 7 nitrogen and oxygen atoms in total. The summed E-state index contributed by atoms with van der Waals surface area (Å²) in [5, 5.41) is 0.723. The van der Waals surface area contributed by atoms with Crippen molar-refractivity contribution in [3.05, 3.63) is 41.0 Å². The van der Waals surface area contributed by atoms with Gasteiger partial charge < -0.3 is 15.4 Å². The second-order valence-electron chi connectivity index (χ2n) is 7.53. The first kappa shape index (κ1) is 19.4. The lowest BCUT2D eigenvalue weighted by Gasteiger charge is -2.41. The molecule has 10 heteroatoms. The summed E-state index contributed by atoms with van der Waals surface area (Å²) in [6.45, 7) is 3.23. The van der Waals surface area contributed by atoms with E-state index in [1.807, 2.05) is 22.9 Å². The minimum absolute atomic E-state index is 0.109. The maximum atomic E-state index is 6.32. The molecular formula is C19H20Cl2N6OS. The number of fused-ring (bicyclic) bond motifs is 1. The van der Waals surface area contributed by atoms with Crippen molar-refractivity contribution in [2.24, 2.45) is 11.1 Å². The van der Waals surface area contributed by atoms with Gasteiger partial charge >= 0.3 is 0 Å². The van der Waals surface area contributed by atoms with Crippen LogP contribution in [0.2, 0.25) is 10.2 Å². The molecule has 3 aromatic rings. The van der Waals surface area contributed by atoms with Gasteiger partial charge in [-0.1, -0.05) is 35.0 Å². The zero-order valence-electron chi connectivity index (χ0n) is 15.6. The van der Waals surface area contributed by atoms with Crippen molar-refractivity contribution in [3.63, 3.8) is 0 Å². The second kappa shape index (κ2) is 7.59. The van der Waals surface area contributed by atoms with E-state index in [-0.39, 0.29) is 16.6 Å². The van der Waals surface area contributed by atoms with Crippen LogP contribution in [-0.2, 0) is 4.74 Å². The Morgan fingerprint density at radius 3 is 2.72 bits per heavy atom. The first-order valence-corrected chi connectivity index (χ1v) is 11.0. The van der Waals surface area contributed by atoms with Crippen molar-refractivity contribution in [2.75, 3.05) is 31.2 Å². The summed E-state index contributed by atoms with van der Waals surface area (Å²) in [5.74, 6) is 0.892. The lowest BCUT2D eigenvalue weighted by molar-refractivity contribution is 0.131. The third-order valence-corrected chi connectivity index (χ3v) is 7.87. The number of halogens is 2. The Morgan fingerprint density at radius 1 is 1.14 bits per heavy atom. The predicted molar refractivity (Wildman–Crippen MR) is 114 cm³/mol. The minimum Gasteiger partial charge on any atom is -0.379 e. The van der Waals surface area contributed by atoms with Gasteiger partial charge in [0, 0.05) is 54.2 Å². The molecule has 2 saturated heterocycles. The number of hydrogen-bond acceptors (Lipinski definition) is 7. The lowest BCUT2D eigenvalue weighted by Crippen LogP contribution is -2.49. The van der Waals surface area contributed by atoms with Crippen LogP contribution in [0.15, 0.2) is 40.6 Å². The van der Waals surface area contributed by atoms with Gasteiger partial charge in [-0.25, -0.2) is 15.0 Å². The van der Waals surface area contributed by atoms with Gasteiger partial charge in [-0.15, -0.1) is 0 Å². The molecule has 5 rings (SSSR count). The number of imidazole rings is 1. The van der Waals surface area contributed by atoms with Crippen LogP contribution in [0, 0.1) is 5.41 Å². The summed E-state index contributed by atoms with van der Waals surface area (Å²) in [7, 11) is 0. The summed E-state index contributed by atoms with van der Waals surface area (Å²) >= 11 is 13.8. The van der Waals surface area contributed by atoms with E-state index in [0.29, 0.717) is 11.6 Å². The minimum atomic E-state index is 0.109. The molecule has 0 bridgehead atoms. The standard InChI is InChI=1S/C19H20Cl2N6OS/c20-15-12(1-4-23-16(15)21)29-13-9-25-18(27-8-5-24-17(13)27)26-6-2-19(3-7-26)11-28-10-14(19)22/h1,4-5,8-9,14H,2-3,6-7,10-11,22H2/t14-/m1/s1. The van der Waals surface area contributed by atoms with Crippen LogP contribution >= 0.6 is 35.0 Å². The molecule has 2 fully saturated rings. The van der Waals surface area contributed by atoms with Gasteiger partial charge in [0.1, 0.15) is 5.15 Å². The molecule has 2 N–H and O–H groups in total. The van der Waals surface area contributed by atoms with E-state index in [1.165, 1.54) is 11.8 Å². The maximum absolute atomic E-state index is 6.32. The smallest absolute Gasteiger partial charge is 0.211 e. The topological polar surface area (TPSA) is 81.6 Å². The fourth-order valence-corrected chi connectivity index (χ4v) is 5.47. The van der Waals surface area contributed by atoms with Crippen molar-refractivity contribution >= 4 is 46.6 Å². The molecular weight excluding hydrogens is 431 g/mol. The first-order valence-electron chi connectivity index (χ1n) is 9.46. The Kier molecular flexibility index (Phi) is 5.08. The molecule has 0 saturated carbocycles. The first-order chi connectivity index (χ1) is 14.1. The zero-order valence-corrected chi connectivity index (χ0v) is 17.9. The van der Waals surface area contributed by atoms with Crippen molar-refractivity contribution in [3.8, 4) is 0 Å². The van der Waals surface area contributed by atoms with Crippen LogP contribution in [-0.4, -0.2) is 51.7 Å². The van der Waals surface area contributed by atoms with Crippen molar-refractivity contribution in [1.29, 1.82) is 0 Å². The Bertz CT molecular complexity index is 1050. The Balaban J connectivity index is 1.42.